The van der Waals surface area contributed by atoms with Crippen LogP contribution in [0.2, 0.25) is 0 Å². The van der Waals surface area contributed by atoms with Crippen molar-refractivity contribution in [3.8, 4) is 0 Å². The highest BCUT2D eigenvalue weighted by molar-refractivity contribution is 5.99. The van der Waals surface area contributed by atoms with Gasteiger partial charge in [-0.15, -0.1) is 0 Å². The summed E-state index contributed by atoms with van der Waals surface area (Å²) >= 11 is 0. The van der Waals surface area contributed by atoms with Crippen LogP contribution in [0.1, 0.15) is 19.8 Å². The van der Waals surface area contributed by atoms with E-state index >= 15 is 0 Å². The van der Waals surface area contributed by atoms with E-state index in [1.54, 1.807) is 0 Å². The predicted octanol–water partition coefficient (Wildman–Crippen LogP) is 2.35. The lowest BCUT2D eigenvalue weighted by atomic mass is 9.89. The minimum atomic E-state index is 0.539. The second-order valence-corrected chi connectivity index (χ2v) is 3.33. The topological polar surface area (TPSA) is 12.4 Å². The Morgan fingerprint density at radius 3 is 3.18 bits per heavy atom. The Morgan fingerprint density at radius 2 is 2.27 bits per heavy atom. The van der Waals surface area contributed by atoms with E-state index in [4.69, 9.17) is 0 Å². The Labute approximate surface area is 67.5 Å². The summed E-state index contributed by atoms with van der Waals surface area (Å²) in [4.78, 5) is 4.58. The van der Waals surface area contributed by atoms with Gasteiger partial charge in [0.1, 0.15) is 0 Å². The van der Waals surface area contributed by atoms with Crippen LogP contribution in [0.3, 0.4) is 0 Å². The summed E-state index contributed by atoms with van der Waals surface area (Å²) in [7, 11) is 0. The molecule has 1 heterocycles. The molecule has 2 atom stereocenters. The molecule has 0 radical (unpaired) electrons. The van der Waals surface area contributed by atoms with Gasteiger partial charge >= 0.3 is 0 Å². The Hall–Kier alpha value is -0.850. The van der Waals surface area contributed by atoms with E-state index in [0.717, 1.165) is 0 Å². The highest BCUT2D eigenvalue weighted by Crippen LogP contribution is 2.23. The molecule has 0 spiro atoms. The van der Waals surface area contributed by atoms with Crippen LogP contribution in [0.25, 0.3) is 0 Å². The van der Waals surface area contributed by atoms with E-state index in [1.807, 2.05) is 0 Å². The molecule has 0 amide bonds. The van der Waals surface area contributed by atoms with Crippen LogP contribution in [0, 0.1) is 5.92 Å². The first-order chi connectivity index (χ1) is 5.36. The van der Waals surface area contributed by atoms with Crippen molar-refractivity contribution in [3.05, 3.63) is 24.3 Å². The Balaban J connectivity index is 2.26. The van der Waals surface area contributed by atoms with Gasteiger partial charge in [0.05, 0.1) is 0 Å². The molecule has 1 nitrogen and oxygen atoms in total. The highest BCUT2D eigenvalue weighted by Gasteiger charge is 2.19. The first-order valence-electron chi connectivity index (χ1n) is 4.29. The number of hydrogen-bond donors (Lipinski definition) is 0. The molecule has 0 aromatic heterocycles. The number of aliphatic imine (C=N–C) groups is 1. The molecule has 0 saturated carbocycles. The number of hydrogen-bond acceptors (Lipinski definition) is 1. The third-order valence-electron chi connectivity index (χ3n) is 2.37. The van der Waals surface area contributed by atoms with Gasteiger partial charge in [0.25, 0.3) is 0 Å². The lowest BCUT2D eigenvalue weighted by molar-refractivity contribution is 0.560. The van der Waals surface area contributed by atoms with Crippen LogP contribution >= 0.6 is 0 Å². The molecule has 2 rings (SSSR count). The van der Waals surface area contributed by atoms with E-state index < -0.39 is 0 Å². The van der Waals surface area contributed by atoms with Crippen LogP contribution in [0.15, 0.2) is 29.3 Å². The summed E-state index contributed by atoms with van der Waals surface area (Å²) in [5.41, 5.74) is 1.28. The molecule has 0 saturated heterocycles. The number of rotatable bonds is 0. The van der Waals surface area contributed by atoms with Crippen molar-refractivity contribution in [1.29, 1.82) is 0 Å². The van der Waals surface area contributed by atoms with Crippen molar-refractivity contribution >= 4 is 5.71 Å². The summed E-state index contributed by atoms with van der Waals surface area (Å²) in [6, 6.07) is 0.539. The highest BCUT2D eigenvalue weighted by atomic mass is 14.8. The van der Waals surface area contributed by atoms with E-state index in [2.05, 4.69) is 36.2 Å². The molecule has 1 aliphatic carbocycles. The molecule has 2 aliphatic rings. The van der Waals surface area contributed by atoms with Crippen LogP contribution < -0.4 is 0 Å². The van der Waals surface area contributed by atoms with Crippen LogP contribution in [-0.2, 0) is 0 Å². The smallest absolute Gasteiger partial charge is 0.0475 e. The van der Waals surface area contributed by atoms with Gasteiger partial charge in [-0.2, -0.15) is 0 Å². The summed E-state index contributed by atoms with van der Waals surface area (Å²) in [5.74, 6) is 0.621. The van der Waals surface area contributed by atoms with Crippen molar-refractivity contribution in [3.63, 3.8) is 0 Å². The van der Waals surface area contributed by atoms with Gasteiger partial charge in [0, 0.05) is 17.7 Å². The summed E-state index contributed by atoms with van der Waals surface area (Å²) in [5, 5.41) is 0. The van der Waals surface area contributed by atoms with Crippen molar-refractivity contribution in [2.24, 2.45) is 10.9 Å². The van der Waals surface area contributed by atoms with Gasteiger partial charge in [-0.25, -0.2) is 0 Å². The Bertz CT molecular complexity index is 235. The molecule has 11 heavy (non-hydrogen) atoms. The minimum Gasteiger partial charge on any atom is -0.286 e. The van der Waals surface area contributed by atoms with E-state index in [-0.39, 0.29) is 0 Å². The zero-order valence-corrected chi connectivity index (χ0v) is 6.83. The zero-order chi connectivity index (χ0) is 7.68. The zero-order valence-electron chi connectivity index (χ0n) is 6.83. The molecule has 1 aliphatic heterocycles. The quantitative estimate of drug-likeness (QED) is 0.498. The maximum atomic E-state index is 4.58. The van der Waals surface area contributed by atoms with Gasteiger partial charge in [-0.3, -0.25) is 4.99 Å². The van der Waals surface area contributed by atoms with Crippen molar-refractivity contribution in [1.82, 2.24) is 0 Å². The SMILES string of the molecule is CC1CCC2C=CC=CC2=N1. The van der Waals surface area contributed by atoms with E-state index in [0.29, 0.717) is 12.0 Å². The normalized spacial score (nSPS) is 34.8. The van der Waals surface area contributed by atoms with Crippen molar-refractivity contribution in [2.75, 3.05) is 0 Å². The minimum absolute atomic E-state index is 0.539. The monoisotopic (exact) mass is 147 g/mol. The predicted molar refractivity (Wildman–Crippen MR) is 47.9 cm³/mol. The molecular formula is C10H13N. The number of allylic oxidation sites excluding steroid dienone is 4. The second kappa shape index (κ2) is 2.65. The van der Waals surface area contributed by atoms with Gasteiger partial charge in [0.2, 0.25) is 0 Å². The van der Waals surface area contributed by atoms with E-state index in [9.17, 15) is 0 Å². The summed E-state index contributed by atoms with van der Waals surface area (Å²) in [6.07, 6.45) is 11.1. The Morgan fingerprint density at radius 1 is 1.36 bits per heavy atom. The lowest BCUT2D eigenvalue weighted by Crippen LogP contribution is -2.21. The third kappa shape index (κ3) is 1.28. The average Bonchev–Trinajstić information content (AvgIpc) is 2.04. The summed E-state index contributed by atoms with van der Waals surface area (Å²) in [6.45, 7) is 2.19. The van der Waals surface area contributed by atoms with Gasteiger partial charge in [-0.05, 0) is 25.8 Å². The average molecular weight is 147 g/mol. The standard InChI is InChI=1S/C10H13N/c1-8-6-7-9-4-2-3-5-10(9)11-8/h2-5,8-9H,6-7H2,1H3. The largest absolute Gasteiger partial charge is 0.286 e. The van der Waals surface area contributed by atoms with Gasteiger partial charge in [0.15, 0.2) is 0 Å². The fourth-order valence-corrected chi connectivity index (χ4v) is 1.70. The van der Waals surface area contributed by atoms with Crippen LogP contribution in [0.4, 0.5) is 0 Å². The van der Waals surface area contributed by atoms with Crippen LogP contribution in [-0.4, -0.2) is 11.8 Å². The first-order valence-corrected chi connectivity index (χ1v) is 4.29. The molecule has 2 unspecified atom stereocenters. The van der Waals surface area contributed by atoms with E-state index in [1.165, 1.54) is 18.6 Å². The molecule has 0 aromatic rings. The second-order valence-electron chi connectivity index (χ2n) is 3.33. The summed E-state index contributed by atoms with van der Waals surface area (Å²) < 4.78 is 0. The maximum absolute atomic E-state index is 4.58. The molecule has 0 aromatic carbocycles. The third-order valence-corrected chi connectivity index (χ3v) is 2.37. The maximum Gasteiger partial charge on any atom is 0.0475 e. The lowest BCUT2D eigenvalue weighted by Gasteiger charge is -2.23. The fourth-order valence-electron chi connectivity index (χ4n) is 1.70. The molecule has 1 heteroatoms. The van der Waals surface area contributed by atoms with Gasteiger partial charge < -0.3 is 0 Å². The number of fused-ring (bicyclic) bond motifs is 1. The molecule has 0 fully saturated rings. The molecule has 0 bridgehead atoms. The van der Waals surface area contributed by atoms with Crippen molar-refractivity contribution < 1.29 is 0 Å². The van der Waals surface area contributed by atoms with Crippen LogP contribution in [0.5, 0.6) is 0 Å². The number of nitrogens with zero attached hydrogens (tertiary/aromatic N) is 1. The first kappa shape index (κ1) is 6.84. The molecular weight excluding hydrogens is 134 g/mol. The molecule has 0 N–H and O–H groups in total. The fraction of sp³-hybridized carbons (Fsp3) is 0.500. The molecule has 58 valence electrons. The van der Waals surface area contributed by atoms with Gasteiger partial charge in [-0.1, -0.05) is 18.2 Å². The van der Waals surface area contributed by atoms with Crippen molar-refractivity contribution in [2.45, 2.75) is 25.8 Å². The Kier molecular flexibility index (Phi) is 1.65.